The number of fused-ring (bicyclic) bond motifs is 3. The Morgan fingerprint density at radius 2 is 1.90 bits per heavy atom. The maximum Gasteiger partial charge on any atom is 0.219 e. The molecule has 2 saturated heterocycles. The van der Waals surface area contributed by atoms with Crippen LogP contribution in [0.3, 0.4) is 0 Å². The van der Waals surface area contributed by atoms with E-state index >= 15 is 0 Å². The zero-order valence-corrected chi connectivity index (χ0v) is 26.0. The van der Waals surface area contributed by atoms with Crippen LogP contribution >= 0.6 is 0 Å². The molecule has 2 fully saturated rings. The smallest absolute Gasteiger partial charge is 0.219 e. The monoisotopic (exact) mass is 587 g/mol. The van der Waals surface area contributed by atoms with Crippen LogP contribution in [0.25, 0.3) is 22.2 Å². The van der Waals surface area contributed by atoms with Gasteiger partial charge in [0.1, 0.15) is 23.8 Å². The molecule has 0 radical (unpaired) electrons. The molecule has 3 atom stereocenters. The van der Waals surface area contributed by atoms with Crippen LogP contribution in [0.2, 0.25) is 25.7 Å². The molecule has 1 amide bonds. The van der Waals surface area contributed by atoms with Gasteiger partial charge in [0.25, 0.3) is 0 Å². The van der Waals surface area contributed by atoms with Crippen molar-refractivity contribution < 1.29 is 18.7 Å². The molecule has 5 heterocycles. The first-order chi connectivity index (χ1) is 20.2. The van der Waals surface area contributed by atoms with Crippen molar-refractivity contribution in [3.8, 4) is 22.9 Å². The Morgan fingerprint density at radius 3 is 2.62 bits per heavy atom. The Bertz CT molecular complexity index is 1510. The molecule has 2 aliphatic heterocycles. The Kier molecular flexibility index (Phi) is 8.20. The molecule has 1 unspecified atom stereocenters. The van der Waals surface area contributed by atoms with Gasteiger partial charge in [-0.3, -0.25) is 9.69 Å². The van der Waals surface area contributed by atoms with Crippen molar-refractivity contribution in [3.05, 3.63) is 60.6 Å². The second-order valence-electron chi connectivity index (χ2n) is 12.9. The molecule has 2 bridgehead atoms. The van der Waals surface area contributed by atoms with Crippen molar-refractivity contribution in [1.29, 1.82) is 0 Å². The average molecular weight is 588 g/mol. The number of nitrogens with zero attached hydrogens (tertiary/aromatic N) is 4. The molecular formula is C32H41N5O4Si. The quantitative estimate of drug-likeness (QED) is 0.160. The lowest BCUT2D eigenvalue weighted by molar-refractivity contribution is -0.120. The topological polar surface area (TPSA) is 94.7 Å². The number of aromatic nitrogens is 3. The first-order valence-electron chi connectivity index (χ1n) is 15.0. The van der Waals surface area contributed by atoms with Crippen molar-refractivity contribution in [3.63, 3.8) is 0 Å². The van der Waals surface area contributed by atoms with Crippen LogP contribution in [-0.2, 0) is 22.8 Å². The maximum atomic E-state index is 11.5. The number of piperidine rings is 1. The molecular weight excluding hydrogens is 546 g/mol. The van der Waals surface area contributed by atoms with Gasteiger partial charge >= 0.3 is 0 Å². The average Bonchev–Trinajstić information content (AvgIpc) is 3.62. The molecule has 4 aromatic rings. The van der Waals surface area contributed by atoms with Crippen LogP contribution in [0.15, 0.2) is 59.3 Å². The number of amides is 1. The van der Waals surface area contributed by atoms with E-state index in [1.807, 2.05) is 41.1 Å². The zero-order chi connectivity index (χ0) is 29.3. The van der Waals surface area contributed by atoms with Crippen LogP contribution in [0.5, 0.6) is 11.6 Å². The minimum absolute atomic E-state index is 0.0652. The van der Waals surface area contributed by atoms with E-state index in [4.69, 9.17) is 13.9 Å². The van der Waals surface area contributed by atoms with E-state index in [0.29, 0.717) is 30.4 Å². The largest absolute Gasteiger partial charge is 0.460 e. The lowest BCUT2D eigenvalue weighted by Crippen LogP contribution is -2.49. The third-order valence-corrected chi connectivity index (χ3v) is 10.1. The molecule has 1 aromatic carbocycles. The number of hydrogen-bond acceptors (Lipinski definition) is 7. The molecule has 6 rings (SSSR count). The van der Waals surface area contributed by atoms with Crippen molar-refractivity contribution in [1.82, 2.24) is 25.0 Å². The fraction of sp³-hybridized carbons (Fsp3) is 0.469. The van der Waals surface area contributed by atoms with Gasteiger partial charge in [0.2, 0.25) is 11.8 Å². The Labute approximate surface area is 248 Å². The standard InChI is InChI=1S/C32H41N5O4Si/c1-22(38)35-25-16-26-7-8-27(17-25)36(26)20-29-15-23-5-9-28(18-31(23)40-29)41-32-10-6-24(19-33-32)30-11-12-34-37(30)21-39-13-14-42(2,3)4/h5-6,9-12,15,18-19,25-27H,7-8,13-14,16-17,20-21H2,1-4H3,(H,35,38)/t25?,26-,27+. The van der Waals surface area contributed by atoms with Crippen LogP contribution in [0, 0.1) is 0 Å². The summed E-state index contributed by atoms with van der Waals surface area (Å²) in [6, 6.07) is 16.3. The molecule has 9 nitrogen and oxygen atoms in total. The maximum absolute atomic E-state index is 11.5. The number of pyridine rings is 1. The van der Waals surface area contributed by atoms with Gasteiger partial charge in [0.05, 0.1) is 12.2 Å². The highest BCUT2D eigenvalue weighted by Gasteiger charge is 2.41. The van der Waals surface area contributed by atoms with Gasteiger partial charge < -0.3 is 19.2 Å². The van der Waals surface area contributed by atoms with E-state index in [-0.39, 0.29) is 11.9 Å². The zero-order valence-electron chi connectivity index (χ0n) is 25.0. The predicted octanol–water partition coefficient (Wildman–Crippen LogP) is 6.43. The fourth-order valence-electron chi connectivity index (χ4n) is 6.25. The lowest BCUT2D eigenvalue weighted by Gasteiger charge is -2.38. The number of carbonyl (C=O) groups is 1. The normalized spacial score (nSPS) is 20.7. The first kappa shape index (κ1) is 28.6. The Morgan fingerprint density at radius 1 is 1.10 bits per heavy atom. The number of ether oxygens (including phenoxy) is 2. The van der Waals surface area contributed by atoms with Gasteiger partial charge in [-0.2, -0.15) is 5.10 Å². The summed E-state index contributed by atoms with van der Waals surface area (Å²) in [5.41, 5.74) is 2.71. The van der Waals surface area contributed by atoms with Crippen LogP contribution in [0.1, 0.15) is 38.4 Å². The second-order valence-corrected chi connectivity index (χ2v) is 18.5. The van der Waals surface area contributed by atoms with E-state index in [1.165, 1.54) is 12.8 Å². The van der Waals surface area contributed by atoms with Gasteiger partial charge in [0, 0.05) is 75.2 Å². The predicted molar refractivity (Wildman–Crippen MR) is 165 cm³/mol. The lowest BCUT2D eigenvalue weighted by atomic mass is 9.97. The summed E-state index contributed by atoms with van der Waals surface area (Å²) in [5, 5.41) is 8.61. The third-order valence-electron chi connectivity index (χ3n) is 8.35. The third kappa shape index (κ3) is 6.77. The van der Waals surface area contributed by atoms with Gasteiger partial charge in [-0.15, -0.1) is 0 Å². The van der Waals surface area contributed by atoms with Crippen LogP contribution in [-0.4, -0.2) is 58.4 Å². The number of carbonyl (C=O) groups excluding carboxylic acids is 1. The number of benzene rings is 1. The van der Waals surface area contributed by atoms with E-state index in [2.05, 4.69) is 46.0 Å². The number of furan rings is 1. The fourth-order valence-corrected chi connectivity index (χ4v) is 7.01. The second kappa shape index (κ2) is 12.0. The molecule has 1 N–H and O–H groups in total. The minimum Gasteiger partial charge on any atom is -0.460 e. The van der Waals surface area contributed by atoms with Gasteiger partial charge in [0.15, 0.2) is 0 Å². The van der Waals surface area contributed by atoms with Crippen molar-refractivity contribution in [2.24, 2.45) is 0 Å². The van der Waals surface area contributed by atoms with E-state index < -0.39 is 8.07 Å². The number of nitrogens with one attached hydrogen (secondary N) is 1. The molecule has 0 spiro atoms. The van der Waals surface area contributed by atoms with Gasteiger partial charge in [-0.1, -0.05) is 19.6 Å². The van der Waals surface area contributed by atoms with Gasteiger partial charge in [-0.25, -0.2) is 9.67 Å². The molecule has 10 heteroatoms. The highest BCUT2D eigenvalue weighted by Crippen LogP contribution is 2.38. The first-order valence-corrected chi connectivity index (χ1v) is 18.7. The molecule has 2 aliphatic rings. The Balaban J connectivity index is 1.07. The van der Waals surface area contributed by atoms with Gasteiger partial charge in [-0.05, 0) is 62.1 Å². The highest BCUT2D eigenvalue weighted by atomic mass is 28.3. The van der Waals surface area contributed by atoms with Crippen LogP contribution < -0.4 is 10.1 Å². The molecule has 3 aromatic heterocycles. The Hall–Kier alpha value is -3.47. The van der Waals surface area contributed by atoms with Crippen molar-refractivity contribution >= 4 is 25.0 Å². The minimum atomic E-state index is -1.13. The molecule has 222 valence electrons. The SMILES string of the molecule is CC(=O)NC1C[C@H]2CC[C@@H](C1)N2Cc1cc2ccc(Oc3ccc(-c4ccnn4COCC[Si](C)(C)C)cn3)cc2o1. The molecule has 0 saturated carbocycles. The summed E-state index contributed by atoms with van der Waals surface area (Å²) in [6.45, 7) is 10.6. The summed E-state index contributed by atoms with van der Waals surface area (Å²) < 4.78 is 20.1. The van der Waals surface area contributed by atoms with Crippen molar-refractivity contribution in [2.75, 3.05) is 6.61 Å². The number of hydrogen-bond donors (Lipinski definition) is 1. The summed E-state index contributed by atoms with van der Waals surface area (Å²) in [4.78, 5) is 18.6. The van der Waals surface area contributed by atoms with E-state index in [0.717, 1.165) is 60.0 Å². The summed E-state index contributed by atoms with van der Waals surface area (Å²) >= 11 is 0. The van der Waals surface area contributed by atoms with E-state index in [9.17, 15) is 4.79 Å². The van der Waals surface area contributed by atoms with Crippen LogP contribution in [0.4, 0.5) is 0 Å². The summed E-state index contributed by atoms with van der Waals surface area (Å²) in [5.74, 6) is 2.22. The molecule has 0 aliphatic carbocycles. The molecule has 42 heavy (non-hydrogen) atoms. The van der Waals surface area contributed by atoms with E-state index in [1.54, 1.807) is 19.3 Å². The number of rotatable bonds is 11. The van der Waals surface area contributed by atoms with Crippen molar-refractivity contribution in [2.45, 2.75) is 89.7 Å². The summed E-state index contributed by atoms with van der Waals surface area (Å²) in [7, 11) is -1.13. The highest BCUT2D eigenvalue weighted by molar-refractivity contribution is 6.76. The summed E-state index contributed by atoms with van der Waals surface area (Å²) in [6.07, 6.45) is 7.97.